The molecule has 0 aromatic heterocycles. The molecule has 1 rings (SSSR count). The van der Waals surface area contributed by atoms with Gasteiger partial charge in [0.25, 0.3) is 0 Å². The Bertz CT molecular complexity index is 547. The molecule has 0 saturated carbocycles. The molecule has 0 bridgehead atoms. The Labute approximate surface area is 161 Å². The van der Waals surface area contributed by atoms with Gasteiger partial charge >= 0.3 is 0 Å². The summed E-state index contributed by atoms with van der Waals surface area (Å²) in [6.07, 6.45) is 1.67. The minimum Gasteiger partial charge on any atom is -0.491 e. The standard InChI is InChI=1S/C23H41NO2/c1-9-22(5,6)18-13-14-21(20(15-18)23(7,8)10-2)26-17-19(25)16-24(11-3)12-4/h13-15,19,25H,9-12,16-17H2,1-8H3. The van der Waals surface area contributed by atoms with E-state index in [1.54, 1.807) is 0 Å². The Morgan fingerprint density at radius 3 is 2.04 bits per heavy atom. The highest BCUT2D eigenvalue weighted by Gasteiger charge is 2.27. The van der Waals surface area contributed by atoms with Crippen LogP contribution in [-0.2, 0) is 10.8 Å². The molecule has 1 atom stereocenters. The Morgan fingerprint density at radius 1 is 0.962 bits per heavy atom. The lowest BCUT2D eigenvalue weighted by Crippen LogP contribution is -2.35. The second kappa shape index (κ2) is 9.75. The van der Waals surface area contributed by atoms with Gasteiger partial charge in [-0.05, 0) is 48.4 Å². The molecule has 0 aliphatic heterocycles. The number of likely N-dealkylation sites (N-methyl/N-ethyl adjacent to an activating group) is 1. The van der Waals surface area contributed by atoms with E-state index in [0.29, 0.717) is 13.2 Å². The van der Waals surface area contributed by atoms with Crippen molar-refractivity contribution in [2.24, 2.45) is 0 Å². The van der Waals surface area contributed by atoms with Crippen molar-refractivity contribution in [1.82, 2.24) is 4.90 Å². The summed E-state index contributed by atoms with van der Waals surface area (Å²) in [5.74, 6) is 0.908. The summed E-state index contributed by atoms with van der Waals surface area (Å²) in [7, 11) is 0. The van der Waals surface area contributed by atoms with Crippen LogP contribution >= 0.6 is 0 Å². The van der Waals surface area contributed by atoms with E-state index < -0.39 is 6.10 Å². The predicted octanol–water partition coefficient (Wildman–Crippen LogP) is 5.14. The number of benzene rings is 1. The molecule has 1 aromatic carbocycles. The summed E-state index contributed by atoms with van der Waals surface area (Å²) in [6, 6.07) is 6.60. The molecule has 1 unspecified atom stereocenters. The molecule has 1 aromatic rings. The molecule has 26 heavy (non-hydrogen) atoms. The number of hydrogen-bond donors (Lipinski definition) is 1. The van der Waals surface area contributed by atoms with Crippen LogP contribution in [0, 0.1) is 0 Å². The number of rotatable bonds is 11. The fourth-order valence-electron chi connectivity index (χ4n) is 3.02. The van der Waals surface area contributed by atoms with E-state index in [0.717, 1.165) is 31.7 Å². The van der Waals surface area contributed by atoms with Gasteiger partial charge in [0.15, 0.2) is 0 Å². The van der Waals surface area contributed by atoms with Gasteiger partial charge in [-0.25, -0.2) is 0 Å². The molecule has 0 amide bonds. The van der Waals surface area contributed by atoms with Crippen molar-refractivity contribution in [3.05, 3.63) is 29.3 Å². The Balaban J connectivity index is 3.03. The van der Waals surface area contributed by atoms with E-state index in [-0.39, 0.29) is 10.8 Å². The monoisotopic (exact) mass is 363 g/mol. The smallest absolute Gasteiger partial charge is 0.123 e. The first-order valence-electron chi connectivity index (χ1n) is 10.3. The van der Waals surface area contributed by atoms with Crippen molar-refractivity contribution < 1.29 is 9.84 Å². The van der Waals surface area contributed by atoms with Crippen LogP contribution in [0.2, 0.25) is 0 Å². The van der Waals surface area contributed by atoms with E-state index in [1.807, 2.05) is 0 Å². The third-order valence-electron chi connectivity index (χ3n) is 6.05. The number of aliphatic hydroxyl groups is 1. The van der Waals surface area contributed by atoms with Gasteiger partial charge in [0.05, 0.1) is 0 Å². The van der Waals surface area contributed by atoms with Crippen molar-refractivity contribution in [2.45, 2.75) is 85.2 Å². The number of aliphatic hydroxyl groups excluding tert-OH is 1. The molecule has 0 heterocycles. The molecule has 0 aliphatic carbocycles. The summed E-state index contributed by atoms with van der Waals surface area (Å²) < 4.78 is 6.10. The zero-order valence-corrected chi connectivity index (χ0v) is 18.4. The molecule has 0 fully saturated rings. The molecule has 3 nitrogen and oxygen atoms in total. The SMILES string of the molecule is CCN(CC)CC(O)COc1ccc(C(C)(C)CC)cc1C(C)(C)CC. The van der Waals surface area contributed by atoms with Crippen LogP contribution in [0.5, 0.6) is 5.75 Å². The Hall–Kier alpha value is -1.06. The average Bonchev–Trinajstić information content (AvgIpc) is 2.64. The maximum Gasteiger partial charge on any atom is 0.123 e. The highest BCUT2D eigenvalue weighted by atomic mass is 16.5. The minimum atomic E-state index is -0.473. The quantitative estimate of drug-likeness (QED) is 0.590. The Kier molecular flexibility index (Phi) is 8.62. The van der Waals surface area contributed by atoms with Gasteiger partial charge in [-0.1, -0.05) is 67.5 Å². The Morgan fingerprint density at radius 2 is 1.54 bits per heavy atom. The van der Waals surface area contributed by atoms with E-state index in [9.17, 15) is 5.11 Å². The van der Waals surface area contributed by atoms with Gasteiger partial charge in [0.2, 0.25) is 0 Å². The maximum atomic E-state index is 10.3. The van der Waals surface area contributed by atoms with Crippen LogP contribution in [0.3, 0.4) is 0 Å². The molecule has 0 aliphatic rings. The van der Waals surface area contributed by atoms with Crippen molar-refractivity contribution in [1.29, 1.82) is 0 Å². The van der Waals surface area contributed by atoms with Gasteiger partial charge in [0, 0.05) is 12.1 Å². The van der Waals surface area contributed by atoms with Gasteiger partial charge in [-0.15, -0.1) is 0 Å². The molecular formula is C23H41NO2. The molecule has 1 N–H and O–H groups in total. The van der Waals surface area contributed by atoms with Crippen molar-refractivity contribution in [2.75, 3.05) is 26.2 Å². The molecular weight excluding hydrogens is 322 g/mol. The molecule has 3 heteroatoms. The molecule has 150 valence electrons. The molecule has 0 saturated heterocycles. The lowest BCUT2D eigenvalue weighted by Gasteiger charge is -2.31. The third kappa shape index (κ3) is 5.99. The number of nitrogens with zero attached hydrogens (tertiary/aromatic N) is 1. The van der Waals surface area contributed by atoms with Crippen LogP contribution in [0.15, 0.2) is 18.2 Å². The summed E-state index contributed by atoms with van der Waals surface area (Å²) in [5.41, 5.74) is 2.79. The van der Waals surface area contributed by atoms with Crippen LogP contribution in [0.1, 0.15) is 79.4 Å². The lowest BCUT2D eigenvalue weighted by molar-refractivity contribution is 0.0708. The first-order valence-corrected chi connectivity index (χ1v) is 10.3. The highest BCUT2D eigenvalue weighted by Crippen LogP contribution is 2.38. The van der Waals surface area contributed by atoms with Gasteiger partial charge in [-0.3, -0.25) is 0 Å². The van der Waals surface area contributed by atoms with Crippen molar-refractivity contribution >= 4 is 0 Å². The van der Waals surface area contributed by atoms with Crippen LogP contribution < -0.4 is 4.74 Å². The minimum absolute atomic E-state index is 0.0407. The summed E-state index contributed by atoms with van der Waals surface area (Å²) in [5, 5.41) is 10.3. The largest absolute Gasteiger partial charge is 0.491 e. The first kappa shape index (κ1) is 23.0. The second-order valence-electron chi connectivity index (χ2n) is 8.64. The van der Waals surface area contributed by atoms with Gasteiger partial charge < -0.3 is 14.7 Å². The van der Waals surface area contributed by atoms with Crippen LogP contribution in [-0.4, -0.2) is 42.4 Å². The number of hydrogen-bond acceptors (Lipinski definition) is 3. The third-order valence-corrected chi connectivity index (χ3v) is 6.05. The zero-order chi connectivity index (χ0) is 20.0. The zero-order valence-electron chi connectivity index (χ0n) is 18.4. The molecule has 0 radical (unpaired) electrons. The highest BCUT2D eigenvalue weighted by molar-refractivity contribution is 5.44. The topological polar surface area (TPSA) is 32.7 Å². The maximum absolute atomic E-state index is 10.3. The summed E-state index contributed by atoms with van der Waals surface area (Å²) >= 11 is 0. The number of ether oxygens (including phenoxy) is 1. The van der Waals surface area contributed by atoms with Gasteiger partial charge in [-0.2, -0.15) is 0 Å². The normalized spacial score (nSPS) is 13.9. The average molecular weight is 364 g/mol. The first-order chi connectivity index (χ1) is 12.1. The van der Waals surface area contributed by atoms with Crippen molar-refractivity contribution in [3.8, 4) is 5.75 Å². The van der Waals surface area contributed by atoms with Crippen molar-refractivity contribution in [3.63, 3.8) is 0 Å². The van der Waals surface area contributed by atoms with Crippen LogP contribution in [0.25, 0.3) is 0 Å². The second-order valence-corrected chi connectivity index (χ2v) is 8.64. The fourth-order valence-corrected chi connectivity index (χ4v) is 3.02. The summed E-state index contributed by atoms with van der Waals surface area (Å²) in [6.45, 7) is 20.7. The van der Waals surface area contributed by atoms with Crippen LogP contribution in [0.4, 0.5) is 0 Å². The molecule has 0 spiro atoms. The fraction of sp³-hybridized carbons (Fsp3) is 0.739. The summed E-state index contributed by atoms with van der Waals surface area (Å²) in [4.78, 5) is 2.22. The van der Waals surface area contributed by atoms with E-state index in [4.69, 9.17) is 4.74 Å². The van der Waals surface area contributed by atoms with E-state index in [1.165, 1.54) is 11.1 Å². The van der Waals surface area contributed by atoms with E-state index >= 15 is 0 Å². The van der Waals surface area contributed by atoms with E-state index in [2.05, 4.69) is 78.5 Å². The van der Waals surface area contributed by atoms with Gasteiger partial charge in [0.1, 0.15) is 18.5 Å². The predicted molar refractivity (Wildman–Crippen MR) is 112 cm³/mol. The lowest BCUT2D eigenvalue weighted by atomic mass is 9.76.